The summed E-state index contributed by atoms with van der Waals surface area (Å²) in [5.74, 6) is -3.27. The summed E-state index contributed by atoms with van der Waals surface area (Å²) in [6.45, 7) is -0.482. The Morgan fingerprint density at radius 2 is 1.88 bits per heavy atom. The fourth-order valence-corrected chi connectivity index (χ4v) is 1.73. The second-order valence-electron chi connectivity index (χ2n) is 4.52. The van der Waals surface area contributed by atoms with Crippen LogP contribution in [0.2, 0.25) is 0 Å². The van der Waals surface area contributed by atoms with Crippen LogP contribution in [0.25, 0.3) is 0 Å². The van der Waals surface area contributed by atoms with E-state index in [1.54, 1.807) is 12.1 Å². The van der Waals surface area contributed by atoms with Gasteiger partial charge in [0.05, 0.1) is 11.1 Å². The van der Waals surface area contributed by atoms with Gasteiger partial charge in [-0.3, -0.25) is 20.4 Å². The summed E-state index contributed by atoms with van der Waals surface area (Å²) in [6.07, 6.45) is 0. The number of para-hydroxylation sites is 1. The normalized spacial score (nSPS) is 9.71. The molecule has 24 heavy (non-hydrogen) atoms. The van der Waals surface area contributed by atoms with E-state index < -0.39 is 35.6 Å². The van der Waals surface area contributed by atoms with E-state index in [1.165, 1.54) is 12.1 Å². The highest BCUT2D eigenvalue weighted by atomic mass is 19.1. The molecule has 0 spiro atoms. The molecule has 0 radical (unpaired) electrons. The number of hydrazine groups is 1. The summed E-state index contributed by atoms with van der Waals surface area (Å²) in [7, 11) is 0. The predicted molar refractivity (Wildman–Crippen MR) is 78.6 cm³/mol. The van der Waals surface area contributed by atoms with Gasteiger partial charge in [-0.05, 0) is 30.3 Å². The van der Waals surface area contributed by atoms with E-state index in [9.17, 15) is 18.4 Å². The van der Waals surface area contributed by atoms with Gasteiger partial charge < -0.3 is 4.74 Å². The van der Waals surface area contributed by atoms with E-state index in [0.29, 0.717) is 6.07 Å². The lowest BCUT2D eigenvalue weighted by Gasteiger charge is -2.10. The van der Waals surface area contributed by atoms with Gasteiger partial charge in [0.2, 0.25) is 0 Å². The van der Waals surface area contributed by atoms with E-state index in [2.05, 4.69) is 0 Å². The summed E-state index contributed by atoms with van der Waals surface area (Å²) in [5.41, 5.74) is 3.64. The van der Waals surface area contributed by atoms with Crippen molar-refractivity contribution in [3.05, 3.63) is 65.2 Å². The third kappa shape index (κ3) is 4.27. The number of amides is 2. The highest BCUT2D eigenvalue weighted by molar-refractivity contribution is 5.95. The van der Waals surface area contributed by atoms with Gasteiger partial charge in [-0.15, -0.1) is 0 Å². The highest BCUT2D eigenvalue weighted by Gasteiger charge is 2.14. The van der Waals surface area contributed by atoms with Crippen molar-refractivity contribution in [2.75, 3.05) is 6.61 Å². The van der Waals surface area contributed by atoms with Crippen LogP contribution in [0.3, 0.4) is 0 Å². The number of hydrogen-bond acceptors (Lipinski definition) is 4. The number of hydrogen-bond donors (Lipinski definition) is 2. The maximum absolute atomic E-state index is 13.4. The maximum atomic E-state index is 13.4. The number of carbonyl (C=O) groups is 2. The molecule has 0 bridgehead atoms. The van der Waals surface area contributed by atoms with Crippen LogP contribution in [0.4, 0.5) is 8.78 Å². The molecule has 2 N–H and O–H groups in total. The van der Waals surface area contributed by atoms with Crippen LogP contribution >= 0.6 is 0 Å². The summed E-state index contributed by atoms with van der Waals surface area (Å²) >= 11 is 0. The third-order valence-electron chi connectivity index (χ3n) is 2.85. The largest absolute Gasteiger partial charge is 0.482 e. The average molecular weight is 331 g/mol. The van der Waals surface area contributed by atoms with Crippen LogP contribution in [-0.4, -0.2) is 18.4 Å². The smallest absolute Gasteiger partial charge is 0.276 e. The van der Waals surface area contributed by atoms with Gasteiger partial charge in [-0.2, -0.15) is 5.26 Å². The molecule has 0 heterocycles. The van der Waals surface area contributed by atoms with Gasteiger partial charge in [0.25, 0.3) is 11.8 Å². The van der Waals surface area contributed by atoms with Crippen molar-refractivity contribution in [2.24, 2.45) is 0 Å². The molecule has 0 aliphatic heterocycles. The number of rotatable bonds is 4. The molecule has 8 heteroatoms. The standard InChI is InChI=1S/C16H11F2N3O3/c17-11-5-6-13(18)12(7-11)16(23)21-20-15(22)9-24-14-4-2-1-3-10(14)8-19/h1-7H,9H2,(H,20,22)(H,21,23). The Morgan fingerprint density at radius 3 is 2.62 bits per heavy atom. The number of benzene rings is 2. The Bertz CT molecular complexity index is 818. The van der Waals surface area contributed by atoms with Crippen LogP contribution in [-0.2, 0) is 4.79 Å². The molecule has 122 valence electrons. The second-order valence-corrected chi connectivity index (χ2v) is 4.52. The lowest BCUT2D eigenvalue weighted by Crippen LogP contribution is -2.44. The number of nitriles is 1. The van der Waals surface area contributed by atoms with Gasteiger partial charge in [-0.1, -0.05) is 12.1 Å². The minimum atomic E-state index is -1.02. The van der Waals surface area contributed by atoms with Crippen molar-refractivity contribution in [1.82, 2.24) is 10.9 Å². The molecule has 0 aliphatic rings. The minimum Gasteiger partial charge on any atom is -0.482 e. The van der Waals surface area contributed by atoms with E-state index in [4.69, 9.17) is 10.00 Å². The number of ether oxygens (including phenoxy) is 1. The summed E-state index contributed by atoms with van der Waals surface area (Å²) < 4.78 is 31.6. The van der Waals surface area contributed by atoms with Crippen molar-refractivity contribution >= 4 is 11.8 Å². The molecule has 0 unspecified atom stereocenters. The molecular formula is C16H11F2N3O3. The van der Waals surface area contributed by atoms with Crippen molar-refractivity contribution in [3.8, 4) is 11.8 Å². The van der Waals surface area contributed by atoms with E-state index >= 15 is 0 Å². The van der Waals surface area contributed by atoms with Gasteiger partial charge in [0.1, 0.15) is 23.5 Å². The Hall–Kier alpha value is -3.47. The summed E-state index contributed by atoms with van der Waals surface area (Å²) in [5, 5.41) is 8.88. The lowest BCUT2D eigenvalue weighted by molar-refractivity contribution is -0.123. The SMILES string of the molecule is N#Cc1ccccc1OCC(=O)NNC(=O)c1cc(F)ccc1F. The lowest BCUT2D eigenvalue weighted by atomic mass is 10.2. The van der Waals surface area contributed by atoms with Crippen LogP contribution in [0, 0.1) is 23.0 Å². The van der Waals surface area contributed by atoms with Gasteiger partial charge >= 0.3 is 0 Å². The quantitative estimate of drug-likeness (QED) is 0.834. The zero-order chi connectivity index (χ0) is 17.5. The third-order valence-corrected chi connectivity index (χ3v) is 2.85. The van der Waals surface area contributed by atoms with E-state index in [-0.39, 0.29) is 11.3 Å². The summed E-state index contributed by atoms with van der Waals surface area (Å²) in [6, 6.07) is 10.6. The predicted octanol–water partition coefficient (Wildman–Crippen LogP) is 1.68. The number of nitrogens with zero attached hydrogens (tertiary/aromatic N) is 1. The van der Waals surface area contributed by atoms with Crippen LogP contribution in [0.5, 0.6) is 5.75 Å². The Labute approximate surface area is 135 Å². The number of nitrogens with one attached hydrogen (secondary N) is 2. The fraction of sp³-hybridized carbons (Fsp3) is 0.0625. The van der Waals surface area contributed by atoms with Gasteiger partial charge in [0.15, 0.2) is 6.61 Å². The molecule has 0 aliphatic carbocycles. The molecule has 0 aromatic heterocycles. The monoisotopic (exact) mass is 331 g/mol. The summed E-state index contributed by atoms with van der Waals surface area (Å²) in [4.78, 5) is 23.3. The molecule has 0 fully saturated rings. The second kappa shape index (κ2) is 7.69. The Balaban J connectivity index is 1.88. The Morgan fingerprint density at radius 1 is 1.12 bits per heavy atom. The van der Waals surface area contributed by atoms with Crippen LogP contribution in [0.1, 0.15) is 15.9 Å². The first-order chi connectivity index (χ1) is 11.5. The topological polar surface area (TPSA) is 91.2 Å². The fourth-order valence-electron chi connectivity index (χ4n) is 1.73. The zero-order valence-corrected chi connectivity index (χ0v) is 12.2. The first kappa shape index (κ1) is 16.9. The molecule has 2 amide bonds. The number of halogens is 2. The first-order valence-corrected chi connectivity index (χ1v) is 6.67. The maximum Gasteiger partial charge on any atom is 0.276 e. The van der Waals surface area contributed by atoms with Gasteiger partial charge in [0, 0.05) is 0 Å². The van der Waals surface area contributed by atoms with Crippen molar-refractivity contribution < 1.29 is 23.1 Å². The molecule has 0 saturated heterocycles. The van der Waals surface area contributed by atoms with Crippen molar-refractivity contribution in [3.63, 3.8) is 0 Å². The molecular weight excluding hydrogens is 320 g/mol. The van der Waals surface area contributed by atoms with Crippen molar-refractivity contribution in [2.45, 2.75) is 0 Å². The molecule has 2 aromatic carbocycles. The highest BCUT2D eigenvalue weighted by Crippen LogP contribution is 2.16. The minimum absolute atomic E-state index is 0.206. The molecule has 0 saturated carbocycles. The average Bonchev–Trinajstić information content (AvgIpc) is 2.60. The Kier molecular flexibility index (Phi) is 5.41. The van der Waals surface area contributed by atoms with Crippen LogP contribution in [0.15, 0.2) is 42.5 Å². The van der Waals surface area contributed by atoms with Crippen molar-refractivity contribution in [1.29, 1.82) is 5.26 Å². The zero-order valence-electron chi connectivity index (χ0n) is 12.2. The molecule has 2 rings (SSSR count). The van der Waals surface area contributed by atoms with Gasteiger partial charge in [-0.25, -0.2) is 8.78 Å². The number of carbonyl (C=O) groups excluding carboxylic acids is 2. The van der Waals surface area contributed by atoms with E-state index in [1.807, 2.05) is 16.9 Å². The molecule has 0 atom stereocenters. The van der Waals surface area contributed by atoms with E-state index in [0.717, 1.165) is 12.1 Å². The molecule has 6 nitrogen and oxygen atoms in total. The van der Waals surface area contributed by atoms with Crippen LogP contribution < -0.4 is 15.6 Å². The first-order valence-electron chi connectivity index (χ1n) is 6.67. The molecule has 2 aromatic rings.